The maximum absolute atomic E-state index is 13.8. The van der Waals surface area contributed by atoms with Gasteiger partial charge in [0, 0.05) is 25.6 Å². The topological polar surface area (TPSA) is 128 Å². The number of aliphatic hydroxyl groups excluding tert-OH is 1. The number of carbonyl (C=O) groups excluding carboxylic acids is 2. The lowest BCUT2D eigenvalue weighted by atomic mass is 9.91. The number of hydrogen-bond acceptors (Lipinski definition) is 7. The molecule has 0 aromatic heterocycles. The van der Waals surface area contributed by atoms with E-state index in [1.165, 1.54) is 28.6 Å². The zero-order valence-corrected chi connectivity index (χ0v) is 27.1. The number of nitrogens with one attached hydrogen (secondary N) is 2. The number of hydrogen-bond donors (Lipinski definition) is 3. The quantitative estimate of drug-likeness (QED) is 0.262. The molecule has 2 aromatic carbocycles. The summed E-state index contributed by atoms with van der Waals surface area (Å²) in [7, 11) is -2.51. The zero-order valence-electron chi connectivity index (χ0n) is 26.2. The lowest BCUT2D eigenvalue weighted by molar-refractivity contribution is -0.149. The molecule has 0 bridgehead atoms. The van der Waals surface area contributed by atoms with Gasteiger partial charge in [0.15, 0.2) is 0 Å². The predicted octanol–water partition coefficient (Wildman–Crippen LogP) is 3.36. The normalized spacial score (nSPS) is 15.3. The van der Waals surface area contributed by atoms with E-state index in [4.69, 9.17) is 4.74 Å². The summed E-state index contributed by atoms with van der Waals surface area (Å²) in [6, 6.07) is 14.8. The van der Waals surface area contributed by atoms with Crippen LogP contribution in [0.5, 0.6) is 5.75 Å². The Kier molecular flexibility index (Phi) is 12.1. The van der Waals surface area contributed by atoms with Gasteiger partial charge in [0.1, 0.15) is 5.75 Å². The van der Waals surface area contributed by atoms with Crippen LogP contribution in [0.1, 0.15) is 59.4 Å². The summed E-state index contributed by atoms with van der Waals surface area (Å²) in [4.78, 5) is 26.9. The van der Waals surface area contributed by atoms with Crippen LogP contribution in [-0.4, -0.2) is 79.6 Å². The molecule has 1 aliphatic carbocycles. The molecule has 0 unspecified atom stereocenters. The van der Waals surface area contributed by atoms with Gasteiger partial charge in [-0.2, -0.15) is 4.31 Å². The molecule has 3 N–H and O–H groups in total. The van der Waals surface area contributed by atoms with Crippen LogP contribution in [-0.2, 0) is 26.0 Å². The van der Waals surface area contributed by atoms with E-state index in [0.29, 0.717) is 11.8 Å². The SMILES string of the molecule is COc1ccc(S(=O)(=O)N(CC(C)C)C[C@@H](O)[C@H](Cc2ccccc2)N(NC(=O)CNC2CC2)C(=O)CC(C)(C)C)cc1. The number of aliphatic hydroxyl groups is 1. The number of rotatable bonds is 15. The Morgan fingerprint density at radius 1 is 1.02 bits per heavy atom. The minimum Gasteiger partial charge on any atom is -0.497 e. The third-order valence-corrected chi connectivity index (χ3v) is 8.89. The second-order valence-electron chi connectivity index (χ2n) is 12.9. The highest BCUT2D eigenvalue weighted by Crippen LogP contribution is 2.25. The largest absolute Gasteiger partial charge is 0.497 e. The highest BCUT2D eigenvalue weighted by Gasteiger charge is 2.37. The Morgan fingerprint density at radius 3 is 2.19 bits per heavy atom. The summed E-state index contributed by atoms with van der Waals surface area (Å²) in [6.07, 6.45) is 0.994. The average molecular weight is 617 g/mol. The van der Waals surface area contributed by atoms with Gasteiger partial charge in [0.2, 0.25) is 15.9 Å². The first kappa shape index (κ1) is 34.5. The number of methoxy groups -OCH3 is 1. The van der Waals surface area contributed by atoms with Crippen molar-refractivity contribution in [2.24, 2.45) is 11.3 Å². The first-order chi connectivity index (χ1) is 20.2. The number of benzene rings is 2. The van der Waals surface area contributed by atoms with Crippen LogP contribution in [0.4, 0.5) is 0 Å². The summed E-state index contributed by atoms with van der Waals surface area (Å²) in [5.41, 5.74) is 3.20. The lowest BCUT2D eigenvalue weighted by Gasteiger charge is -2.38. The zero-order chi connectivity index (χ0) is 31.8. The van der Waals surface area contributed by atoms with Crippen molar-refractivity contribution in [3.05, 3.63) is 60.2 Å². The van der Waals surface area contributed by atoms with Crippen molar-refractivity contribution in [1.82, 2.24) is 20.1 Å². The van der Waals surface area contributed by atoms with Crippen molar-refractivity contribution in [1.29, 1.82) is 0 Å². The Labute approximate surface area is 256 Å². The van der Waals surface area contributed by atoms with Gasteiger partial charge in [-0.1, -0.05) is 65.0 Å². The lowest BCUT2D eigenvalue weighted by Crippen LogP contribution is -2.60. The molecule has 238 valence electrons. The van der Waals surface area contributed by atoms with E-state index in [0.717, 1.165) is 18.4 Å². The van der Waals surface area contributed by atoms with Gasteiger partial charge in [0.05, 0.1) is 30.7 Å². The molecule has 0 spiro atoms. The molecule has 0 heterocycles. The second kappa shape index (κ2) is 15.1. The van der Waals surface area contributed by atoms with Crippen molar-refractivity contribution in [2.45, 2.75) is 83.4 Å². The average Bonchev–Trinajstić information content (AvgIpc) is 3.77. The van der Waals surface area contributed by atoms with Gasteiger partial charge >= 0.3 is 0 Å². The Morgan fingerprint density at radius 2 is 1.65 bits per heavy atom. The molecule has 1 fully saturated rings. The fraction of sp³-hybridized carbons (Fsp3) is 0.562. The molecule has 43 heavy (non-hydrogen) atoms. The van der Waals surface area contributed by atoms with Crippen LogP contribution in [0.25, 0.3) is 0 Å². The standard InChI is InChI=1S/C32H48N4O6S/c1-23(2)21-35(43(40,41)27-16-14-26(42-6)15-17-27)22-29(37)28(18-24-10-8-7-9-11-24)36(31(39)19-32(3,4)5)34-30(38)20-33-25-12-13-25/h7-11,14-17,23,25,28-29,33,37H,12-13,18-22H2,1-6H3,(H,34,38)/t28-,29+/m0/s1. The van der Waals surface area contributed by atoms with E-state index in [2.05, 4.69) is 10.7 Å². The fourth-order valence-electron chi connectivity index (χ4n) is 4.73. The first-order valence-corrected chi connectivity index (χ1v) is 16.3. The van der Waals surface area contributed by atoms with Crippen molar-refractivity contribution in [2.75, 3.05) is 26.7 Å². The third-order valence-electron chi connectivity index (χ3n) is 7.04. The van der Waals surface area contributed by atoms with Crippen LogP contribution in [0.3, 0.4) is 0 Å². The number of carbonyl (C=O) groups is 2. The van der Waals surface area contributed by atoms with Crippen molar-refractivity contribution >= 4 is 21.8 Å². The monoisotopic (exact) mass is 616 g/mol. The molecule has 2 atom stereocenters. The molecular weight excluding hydrogens is 568 g/mol. The highest BCUT2D eigenvalue weighted by atomic mass is 32.2. The number of nitrogens with zero attached hydrogens (tertiary/aromatic N) is 2. The van der Waals surface area contributed by atoms with Gasteiger partial charge < -0.3 is 15.2 Å². The number of sulfonamides is 1. The minimum atomic E-state index is -4.01. The first-order valence-electron chi connectivity index (χ1n) is 14.9. The predicted molar refractivity (Wildman–Crippen MR) is 167 cm³/mol. The Balaban J connectivity index is 1.97. The van der Waals surface area contributed by atoms with E-state index >= 15 is 0 Å². The van der Waals surface area contributed by atoms with Gasteiger partial charge in [-0.25, -0.2) is 13.4 Å². The summed E-state index contributed by atoms with van der Waals surface area (Å²) < 4.78 is 34.1. The second-order valence-corrected chi connectivity index (χ2v) is 14.8. The maximum Gasteiger partial charge on any atom is 0.252 e. The molecule has 0 aliphatic heterocycles. The van der Waals surface area contributed by atoms with Crippen LogP contribution >= 0.6 is 0 Å². The van der Waals surface area contributed by atoms with Crippen molar-refractivity contribution in [3.8, 4) is 5.75 Å². The maximum atomic E-state index is 13.8. The molecule has 2 amide bonds. The molecule has 2 aromatic rings. The molecule has 10 nitrogen and oxygen atoms in total. The molecular formula is C32H48N4O6S. The van der Waals surface area contributed by atoms with Gasteiger partial charge in [-0.15, -0.1) is 0 Å². The van der Waals surface area contributed by atoms with E-state index in [-0.39, 0.29) is 49.2 Å². The van der Waals surface area contributed by atoms with Crippen LogP contribution in [0.2, 0.25) is 0 Å². The van der Waals surface area contributed by atoms with Crippen LogP contribution < -0.4 is 15.5 Å². The van der Waals surface area contributed by atoms with E-state index in [1.54, 1.807) is 12.1 Å². The molecule has 3 rings (SSSR count). The number of amides is 2. The van der Waals surface area contributed by atoms with Gasteiger partial charge in [-0.3, -0.25) is 15.0 Å². The van der Waals surface area contributed by atoms with E-state index < -0.39 is 33.5 Å². The van der Waals surface area contributed by atoms with Crippen molar-refractivity contribution < 1.29 is 27.9 Å². The van der Waals surface area contributed by atoms with Crippen LogP contribution in [0, 0.1) is 11.3 Å². The molecule has 1 aliphatic rings. The molecule has 1 saturated carbocycles. The Hall–Kier alpha value is -2.99. The highest BCUT2D eigenvalue weighted by molar-refractivity contribution is 7.89. The summed E-state index contributed by atoms with van der Waals surface area (Å²) in [5.74, 6) is -0.276. The number of hydrazine groups is 1. The summed E-state index contributed by atoms with van der Waals surface area (Å²) >= 11 is 0. The molecule has 11 heteroatoms. The number of ether oxygens (including phenoxy) is 1. The van der Waals surface area contributed by atoms with Crippen molar-refractivity contribution in [3.63, 3.8) is 0 Å². The summed E-state index contributed by atoms with van der Waals surface area (Å²) in [5, 5.41) is 16.2. The smallest absolute Gasteiger partial charge is 0.252 e. The fourth-order valence-corrected chi connectivity index (χ4v) is 6.35. The van der Waals surface area contributed by atoms with E-state index in [1.807, 2.05) is 65.0 Å². The third kappa shape index (κ3) is 10.9. The molecule has 0 radical (unpaired) electrons. The minimum absolute atomic E-state index is 0.0312. The Bertz CT molecular complexity index is 1290. The van der Waals surface area contributed by atoms with E-state index in [9.17, 15) is 23.1 Å². The van der Waals surface area contributed by atoms with Crippen LogP contribution in [0.15, 0.2) is 59.5 Å². The van der Waals surface area contributed by atoms with Gasteiger partial charge in [0.25, 0.3) is 5.91 Å². The molecule has 0 saturated heterocycles. The van der Waals surface area contributed by atoms with Gasteiger partial charge in [-0.05, 0) is 60.4 Å². The summed E-state index contributed by atoms with van der Waals surface area (Å²) in [6.45, 7) is 9.48.